The largest absolute Gasteiger partial charge is 0.497 e. The van der Waals surface area contributed by atoms with Gasteiger partial charge in [-0.1, -0.05) is 19.1 Å². The molecule has 134 valence electrons. The molecule has 5 nitrogen and oxygen atoms in total. The maximum absolute atomic E-state index is 12.6. The van der Waals surface area contributed by atoms with Crippen molar-refractivity contribution in [2.45, 2.75) is 33.3 Å². The summed E-state index contributed by atoms with van der Waals surface area (Å²) >= 11 is 0. The zero-order valence-corrected chi connectivity index (χ0v) is 15.4. The van der Waals surface area contributed by atoms with Crippen LogP contribution in [0.3, 0.4) is 0 Å². The molecule has 5 heteroatoms. The van der Waals surface area contributed by atoms with Crippen molar-refractivity contribution in [3.63, 3.8) is 0 Å². The van der Waals surface area contributed by atoms with E-state index in [2.05, 4.69) is 5.32 Å². The molecule has 0 unspecified atom stereocenters. The van der Waals surface area contributed by atoms with Gasteiger partial charge in [-0.15, -0.1) is 0 Å². The van der Waals surface area contributed by atoms with Crippen molar-refractivity contribution in [1.82, 2.24) is 0 Å². The topological polar surface area (TPSA) is 56.8 Å². The fourth-order valence-electron chi connectivity index (χ4n) is 2.44. The average molecular weight is 343 g/mol. The third-order valence-electron chi connectivity index (χ3n) is 4.15. The summed E-state index contributed by atoms with van der Waals surface area (Å²) in [7, 11) is 3.13. The molecule has 0 saturated heterocycles. The van der Waals surface area contributed by atoms with Gasteiger partial charge in [-0.25, -0.2) is 0 Å². The van der Waals surface area contributed by atoms with Crippen molar-refractivity contribution >= 4 is 11.6 Å². The van der Waals surface area contributed by atoms with Crippen molar-refractivity contribution in [3.05, 3.63) is 47.5 Å². The van der Waals surface area contributed by atoms with Crippen LogP contribution in [-0.4, -0.2) is 26.2 Å². The summed E-state index contributed by atoms with van der Waals surface area (Å²) in [6.45, 7) is 5.92. The summed E-state index contributed by atoms with van der Waals surface area (Å²) < 4.78 is 16.4. The number of methoxy groups -OCH3 is 2. The molecule has 2 aromatic carbocycles. The molecule has 0 aliphatic rings. The first kappa shape index (κ1) is 18.6. The summed E-state index contributed by atoms with van der Waals surface area (Å²) in [5.41, 5.74) is 2.75. The standard InChI is InChI=1S/C20H25NO4/c1-6-17(25-18-9-7-8-13(2)14(18)3)20(22)21-16-11-10-15(23-4)12-19(16)24-5/h7-12,17H,6H2,1-5H3,(H,21,22)/t17-/m0/s1. The molecule has 2 rings (SSSR count). The number of amides is 1. The number of benzene rings is 2. The molecule has 0 spiro atoms. The molecule has 1 N–H and O–H groups in total. The normalized spacial score (nSPS) is 11.6. The van der Waals surface area contributed by atoms with Gasteiger partial charge in [-0.3, -0.25) is 4.79 Å². The number of hydrogen-bond donors (Lipinski definition) is 1. The van der Waals surface area contributed by atoms with E-state index in [-0.39, 0.29) is 5.91 Å². The van der Waals surface area contributed by atoms with Crippen LogP contribution in [0.4, 0.5) is 5.69 Å². The van der Waals surface area contributed by atoms with E-state index < -0.39 is 6.10 Å². The highest BCUT2D eigenvalue weighted by molar-refractivity contribution is 5.95. The molecule has 0 heterocycles. The Labute approximate surface area is 148 Å². The number of nitrogens with one attached hydrogen (secondary N) is 1. The van der Waals surface area contributed by atoms with Crippen LogP contribution in [0.2, 0.25) is 0 Å². The maximum Gasteiger partial charge on any atom is 0.265 e. The van der Waals surface area contributed by atoms with Crippen LogP contribution in [0, 0.1) is 13.8 Å². The second-order valence-corrected chi connectivity index (χ2v) is 5.77. The van der Waals surface area contributed by atoms with Gasteiger partial charge >= 0.3 is 0 Å². The molecule has 0 aliphatic carbocycles. The Morgan fingerprint density at radius 2 is 1.84 bits per heavy atom. The van der Waals surface area contributed by atoms with Gasteiger partial charge in [0.05, 0.1) is 19.9 Å². The summed E-state index contributed by atoms with van der Waals surface area (Å²) in [5.74, 6) is 1.71. The van der Waals surface area contributed by atoms with Crippen molar-refractivity contribution in [2.75, 3.05) is 19.5 Å². The first-order valence-electron chi connectivity index (χ1n) is 8.25. The molecule has 25 heavy (non-hydrogen) atoms. The fourth-order valence-corrected chi connectivity index (χ4v) is 2.44. The zero-order valence-electron chi connectivity index (χ0n) is 15.4. The second kappa shape index (κ2) is 8.42. The predicted octanol–water partition coefficient (Wildman–Crippen LogP) is 4.12. The van der Waals surface area contributed by atoms with Crippen molar-refractivity contribution < 1.29 is 19.0 Å². The highest BCUT2D eigenvalue weighted by Gasteiger charge is 2.21. The second-order valence-electron chi connectivity index (χ2n) is 5.77. The van der Waals surface area contributed by atoms with Crippen LogP contribution in [0.25, 0.3) is 0 Å². The highest BCUT2D eigenvalue weighted by Crippen LogP contribution is 2.29. The smallest absolute Gasteiger partial charge is 0.265 e. The minimum absolute atomic E-state index is 0.216. The Hall–Kier alpha value is -2.69. The monoisotopic (exact) mass is 343 g/mol. The van der Waals surface area contributed by atoms with E-state index in [0.717, 1.165) is 16.9 Å². The number of hydrogen-bond acceptors (Lipinski definition) is 4. The van der Waals surface area contributed by atoms with Gasteiger partial charge in [0.25, 0.3) is 5.91 Å². The van der Waals surface area contributed by atoms with Crippen LogP contribution in [-0.2, 0) is 4.79 Å². The number of anilines is 1. The SMILES string of the molecule is CC[C@H](Oc1cccc(C)c1C)C(=O)Nc1ccc(OC)cc1OC. The molecule has 0 aliphatic heterocycles. The lowest BCUT2D eigenvalue weighted by molar-refractivity contribution is -0.122. The van der Waals surface area contributed by atoms with Gasteiger partial charge in [0.2, 0.25) is 0 Å². The van der Waals surface area contributed by atoms with E-state index in [0.29, 0.717) is 23.6 Å². The Bertz CT molecular complexity index is 742. The summed E-state index contributed by atoms with van der Waals surface area (Å²) in [5, 5.41) is 2.87. The van der Waals surface area contributed by atoms with Crippen molar-refractivity contribution in [1.29, 1.82) is 0 Å². The number of carbonyl (C=O) groups is 1. The fraction of sp³-hybridized carbons (Fsp3) is 0.350. The molecule has 0 fully saturated rings. The Kier molecular flexibility index (Phi) is 6.28. The van der Waals surface area contributed by atoms with Gasteiger partial charge in [0.15, 0.2) is 6.10 Å². The van der Waals surface area contributed by atoms with Crippen LogP contribution in [0.1, 0.15) is 24.5 Å². The van der Waals surface area contributed by atoms with E-state index in [1.54, 1.807) is 32.4 Å². The number of rotatable bonds is 7. The molecule has 0 bridgehead atoms. The zero-order chi connectivity index (χ0) is 18.4. The first-order chi connectivity index (χ1) is 12.0. The summed E-state index contributed by atoms with van der Waals surface area (Å²) in [6.07, 6.45) is -0.0372. The average Bonchev–Trinajstić information content (AvgIpc) is 2.63. The van der Waals surface area contributed by atoms with Gasteiger partial charge in [-0.2, -0.15) is 0 Å². The van der Waals surface area contributed by atoms with Gasteiger partial charge < -0.3 is 19.5 Å². The Morgan fingerprint density at radius 1 is 1.08 bits per heavy atom. The van der Waals surface area contributed by atoms with E-state index >= 15 is 0 Å². The van der Waals surface area contributed by atoms with E-state index in [1.807, 2.05) is 39.0 Å². The lowest BCUT2D eigenvalue weighted by Gasteiger charge is -2.20. The summed E-state index contributed by atoms with van der Waals surface area (Å²) in [6, 6.07) is 11.1. The van der Waals surface area contributed by atoms with Crippen LogP contribution in [0.15, 0.2) is 36.4 Å². The van der Waals surface area contributed by atoms with Gasteiger partial charge in [-0.05, 0) is 49.6 Å². The molecular formula is C20H25NO4. The van der Waals surface area contributed by atoms with E-state index in [4.69, 9.17) is 14.2 Å². The van der Waals surface area contributed by atoms with Gasteiger partial charge in [0, 0.05) is 6.07 Å². The third-order valence-corrected chi connectivity index (χ3v) is 4.15. The number of ether oxygens (including phenoxy) is 3. The third kappa shape index (κ3) is 4.44. The van der Waals surface area contributed by atoms with E-state index in [1.165, 1.54) is 0 Å². The Balaban J connectivity index is 2.16. The van der Waals surface area contributed by atoms with Crippen molar-refractivity contribution in [3.8, 4) is 17.2 Å². The van der Waals surface area contributed by atoms with E-state index in [9.17, 15) is 4.79 Å². The lowest BCUT2D eigenvalue weighted by Crippen LogP contribution is -2.32. The molecule has 0 radical (unpaired) electrons. The van der Waals surface area contributed by atoms with Crippen molar-refractivity contribution in [2.24, 2.45) is 0 Å². The van der Waals surface area contributed by atoms with Crippen LogP contribution in [0.5, 0.6) is 17.2 Å². The number of aryl methyl sites for hydroxylation is 1. The molecule has 2 aromatic rings. The first-order valence-corrected chi connectivity index (χ1v) is 8.25. The molecule has 1 amide bonds. The minimum Gasteiger partial charge on any atom is -0.497 e. The molecular weight excluding hydrogens is 318 g/mol. The maximum atomic E-state index is 12.6. The lowest BCUT2D eigenvalue weighted by atomic mass is 10.1. The summed E-state index contributed by atoms with van der Waals surface area (Å²) in [4.78, 5) is 12.6. The quantitative estimate of drug-likeness (QED) is 0.822. The van der Waals surface area contributed by atoms with Crippen LogP contribution < -0.4 is 19.5 Å². The molecule has 1 atom stereocenters. The molecule has 0 aromatic heterocycles. The molecule has 0 saturated carbocycles. The predicted molar refractivity (Wildman–Crippen MR) is 98.8 cm³/mol. The van der Waals surface area contributed by atoms with Gasteiger partial charge in [0.1, 0.15) is 17.2 Å². The minimum atomic E-state index is -0.590. The number of carbonyl (C=O) groups excluding carboxylic acids is 1. The highest BCUT2D eigenvalue weighted by atomic mass is 16.5. The Morgan fingerprint density at radius 3 is 2.48 bits per heavy atom. The van der Waals surface area contributed by atoms with Crippen LogP contribution >= 0.6 is 0 Å².